The van der Waals surface area contributed by atoms with E-state index in [1.807, 2.05) is 64.3 Å². The molecule has 0 aliphatic carbocycles. The maximum absolute atomic E-state index is 13.2. The first-order chi connectivity index (χ1) is 17.0. The summed E-state index contributed by atoms with van der Waals surface area (Å²) in [7, 11) is 0. The number of carboxylic acid groups (broad SMARTS) is 1. The quantitative estimate of drug-likeness (QED) is 0.223. The minimum absolute atomic E-state index is 0.0641. The lowest BCUT2D eigenvalue weighted by molar-refractivity contribution is -0.143. The van der Waals surface area contributed by atoms with Crippen molar-refractivity contribution in [2.75, 3.05) is 12.0 Å². The zero-order valence-electron chi connectivity index (χ0n) is 22.0. The Hall–Kier alpha value is -2.59. The summed E-state index contributed by atoms with van der Waals surface area (Å²) in [6.45, 7) is 7.44. The molecule has 0 spiro atoms. The largest absolute Gasteiger partial charge is 0.480 e. The average molecular weight is 523 g/mol. The van der Waals surface area contributed by atoms with Crippen LogP contribution in [0, 0.1) is 11.8 Å². The Morgan fingerprint density at radius 3 is 2.08 bits per heavy atom. The minimum Gasteiger partial charge on any atom is -0.480 e. The molecule has 0 saturated heterocycles. The fourth-order valence-electron chi connectivity index (χ4n) is 3.65. The molecule has 3 amide bonds. The van der Waals surface area contributed by atoms with E-state index in [2.05, 4.69) is 16.0 Å². The molecule has 0 aromatic heterocycles. The van der Waals surface area contributed by atoms with Crippen LogP contribution in [0.1, 0.15) is 52.5 Å². The number of aliphatic carboxylic acids is 1. The number of carbonyl (C=O) groups is 4. The van der Waals surface area contributed by atoms with Crippen molar-refractivity contribution in [2.24, 2.45) is 17.6 Å². The van der Waals surface area contributed by atoms with Crippen LogP contribution >= 0.6 is 11.8 Å². The second-order valence-corrected chi connectivity index (χ2v) is 10.5. The van der Waals surface area contributed by atoms with Crippen molar-refractivity contribution in [3.8, 4) is 0 Å². The predicted octanol–water partition coefficient (Wildman–Crippen LogP) is 1.94. The van der Waals surface area contributed by atoms with Gasteiger partial charge in [0.2, 0.25) is 17.7 Å². The van der Waals surface area contributed by atoms with E-state index in [1.165, 1.54) is 11.8 Å². The maximum atomic E-state index is 13.2. The molecule has 1 aromatic carbocycles. The lowest BCUT2D eigenvalue weighted by Gasteiger charge is -2.28. The molecule has 0 bridgehead atoms. The number of amides is 3. The number of nitrogens with two attached hydrogens (primary N) is 1. The summed E-state index contributed by atoms with van der Waals surface area (Å²) in [5.74, 6) is -2.20. The fourth-order valence-corrected chi connectivity index (χ4v) is 4.13. The number of benzene rings is 1. The smallest absolute Gasteiger partial charge is 0.326 e. The van der Waals surface area contributed by atoms with Crippen LogP contribution in [0.2, 0.25) is 0 Å². The highest BCUT2D eigenvalue weighted by atomic mass is 32.2. The molecule has 36 heavy (non-hydrogen) atoms. The third-order valence-corrected chi connectivity index (χ3v) is 6.64. The second-order valence-electron chi connectivity index (χ2n) is 9.54. The zero-order chi connectivity index (χ0) is 27.3. The van der Waals surface area contributed by atoms with Crippen LogP contribution in [0.5, 0.6) is 0 Å². The first-order valence-corrected chi connectivity index (χ1v) is 13.8. The fraction of sp³-hybridized carbons (Fsp3) is 0.615. The van der Waals surface area contributed by atoms with Crippen molar-refractivity contribution < 1.29 is 24.3 Å². The van der Waals surface area contributed by atoms with Crippen molar-refractivity contribution in [1.82, 2.24) is 16.0 Å². The molecule has 5 atom stereocenters. The molecule has 0 fully saturated rings. The second kappa shape index (κ2) is 16.2. The van der Waals surface area contributed by atoms with Crippen LogP contribution in [-0.2, 0) is 25.6 Å². The molecule has 0 heterocycles. The van der Waals surface area contributed by atoms with Crippen molar-refractivity contribution in [3.63, 3.8) is 0 Å². The number of thioether (sulfide) groups is 1. The molecule has 202 valence electrons. The van der Waals surface area contributed by atoms with Crippen LogP contribution in [0.3, 0.4) is 0 Å². The van der Waals surface area contributed by atoms with Gasteiger partial charge < -0.3 is 26.8 Å². The number of carbonyl (C=O) groups excluding carboxylic acids is 3. The van der Waals surface area contributed by atoms with E-state index in [0.717, 1.165) is 5.56 Å². The number of nitrogens with one attached hydrogen (secondary N) is 3. The average Bonchev–Trinajstić information content (AvgIpc) is 2.83. The maximum Gasteiger partial charge on any atom is 0.326 e. The minimum atomic E-state index is -1.12. The first kappa shape index (κ1) is 31.4. The van der Waals surface area contributed by atoms with Gasteiger partial charge in [-0.1, -0.05) is 64.4 Å². The van der Waals surface area contributed by atoms with Crippen molar-refractivity contribution in [2.45, 2.75) is 77.5 Å². The Labute approximate surface area is 218 Å². The van der Waals surface area contributed by atoms with E-state index in [1.54, 1.807) is 0 Å². The third-order valence-electron chi connectivity index (χ3n) is 5.99. The Bertz CT molecular complexity index is 852. The van der Waals surface area contributed by atoms with Crippen LogP contribution in [0.15, 0.2) is 30.3 Å². The van der Waals surface area contributed by atoms with E-state index in [4.69, 9.17) is 5.73 Å². The Kier molecular flexibility index (Phi) is 14.2. The summed E-state index contributed by atoms with van der Waals surface area (Å²) in [4.78, 5) is 50.7. The standard InChI is InChI=1S/C26H42N4O5S/c1-6-17(4)22(25(33)29-21(26(34)35)14-16(2)3)30-24(32)20(12-13-36-5)28-23(31)19(27)15-18-10-8-7-9-11-18/h7-11,16-17,19-22H,6,12-15,27H2,1-5H3,(H,28,31)(H,29,33)(H,30,32)(H,34,35). The SMILES string of the molecule is CCC(C)C(NC(=O)C(CCSC)NC(=O)C(N)Cc1ccccc1)C(=O)NC(CC(C)C)C(=O)O. The Morgan fingerprint density at radius 2 is 1.56 bits per heavy atom. The van der Waals surface area contributed by atoms with E-state index in [-0.39, 0.29) is 18.3 Å². The van der Waals surface area contributed by atoms with Gasteiger partial charge in [0.15, 0.2) is 0 Å². The van der Waals surface area contributed by atoms with Gasteiger partial charge in [-0.25, -0.2) is 4.79 Å². The van der Waals surface area contributed by atoms with Gasteiger partial charge in [0.25, 0.3) is 0 Å². The summed E-state index contributed by atoms with van der Waals surface area (Å²) in [6, 6.07) is 5.66. The summed E-state index contributed by atoms with van der Waals surface area (Å²) in [6.07, 6.45) is 3.44. The van der Waals surface area contributed by atoms with Gasteiger partial charge >= 0.3 is 5.97 Å². The molecule has 0 saturated carbocycles. The lowest BCUT2D eigenvalue weighted by Crippen LogP contribution is -2.59. The predicted molar refractivity (Wildman–Crippen MR) is 143 cm³/mol. The van der Waals surface area contributed by atoms with Crippen LogP contribution in [0.25, 0.3) is 0 Å². The van der Waals surface area contributed by atoms with Gasteiger partial charge in [-0.3, -0.25) is 14.4 Å². The molecule has 0 aliphatic rings. The van der Waals surface area contributed by atoms with Crippen molar-refractivity contribution in [1.29, 1.82) is 0 Å². The highest BCUT2D eigenvalue weighted by molar-refractivity contribution is 7.98. The number of hydrogen-bond acceptors (Lipinski definition) is 6. The van der Waals surface area contributed by atoms with E-state index >= 15 is 0 Å². The highest BCUT2D eigenvalue weighted by Gasteiger charge is 2.32. The number of rotatable bonds is 16. The number of carboxylic acids is 1. The summed E-state index contributed by atoms with van der Waals surface area (Å²) < 4.78 is 0. The molecular formula is C26H42N4O5S. The van der Waals surface area contributed by atoms with E-state index < -0.39 is 47.9 Å². The molecule has 6 N–H and O–H groups in total. The molecular weight excluding hydrogens is 480 g/mol. The van der Waals surface area contributed by atoms with Crippen LogP contribution in [0.4, 0.5) is 0 Å². The highest BCUT2D eigenvalue weighted by Crippen LogP contribution is 2.12. The molecule has 1 rings (SSSR count). The monoisotopic (exact) mass is 522 g/mol. The molecule has 10 heteroatoms. The van der Waals surface area contributed by atoms with Crippen molar-refractivity contribution in [3.05, 3.63) is 35.9 Å². The lowest BCUT2D eigenvalue weighted by atomic mass is 9.96. The van der Waals surface area contributed by atoms with Crippen LogP contribution < -0.4 is 21.7 Å². The first-order valence-electron chi connectivity index (χ1n) is 12.4. The Balaban J connectivity index is 2.96. The van der Waals surface area contributed by atoms with E-state index in [9.17, 15) is 24.3 Å². The van der Waals surface area contributed by atoms with Gasteiger partial charge in [0.1, 0.15) is 18.1 Å². The third kappa shape index (κ3) is 11.0. The molecule has 9 nitrogen and oxygen atoms in total. The summed E-state index contributed by atoms with van der Waals surface area (Å²) >= 11 is 1.53. The number of hydrogen-bond donors (Lipinski definition) is 5. The summed E-state index contributed by atoms with van der Waals surface area (Å²) in [5, 5.41) is 17.6. The van der Waals surface area contributed by atoms with Gasteiger partial charge in [-0.2, -0.15) is 11.8 Å². The Morgan fingerprint density at radius 1 is 0.944 bits per heavy atom. The van der Waals surface area contributed by atoms with E-state index in [0.29, 0.717) is 25.0 Å². The topological polar surface area (TPSA) is 151 Å². The molecule has 0 radical (unpaired) electrons. The molecule has 1 aromatic rings. The van der Waals surface area contributed by atoms with Gasteiger partial charge in [0.05, 0.1) is 6.04 Å². The summed E-state index contributed by atoms with van der Waals surface area (Å²) in [5.41, 5.74) is 7.01. The normalized spacial score (nSPS) is 15.3. The molecule has 0 aliphatic heterocycles. The van der Waals surface area contributed by atoms with Crippen molar-refractivity contribution >= 4 is 35.5 Å². The van der Waals surface area contributed by atoms with Gasteiger partial charge in [-0.15, -0.1) is 0 Å². The van der Waals surface area contributed by atoms with Gasteiger partial charge in [-0.05, 0) is 48.7 Å². The van der Waals surface area contributed by atoms with Gasteiger partial charge in [0, 0.05) is 0 Å². The van der Waals surface area contributed by atoms with Crippen LogP contribution in [-0.4, -0.2) is 65.0 Å². The molecule has 5 unspecified atom stereocenters. The zero-order valence-corrected chi connectivity index (χ0v) is 22.8.